The fraction of sp³-hybridized carbons (Fsp3) is 0.533. The molecule has 0 saturated heterocycles. The Hall–Kier alpha value is -1.71. The summed E-state index contributed by atoms with van der Waals surface area (Å²) in [5.41, 5.74) is 7.05. The predicted octanol–water partition coefficient (Wildman–Crippen LogP) is 2.33. The van der Waals surface area contributed by atoms with Crippen LogP contribution in [-0.2, 0) is 6.42 Å². The molecule has 106 valence electrons. The Labute approximate surface area is 116 Å². The van der Waals surface area contributed by atoms with Crippen molar-refractivity contribution in [2.75, 3.05) is 13.7 Å². The number of nitrogens with zero attached hydrogens (tertiary/aromatic N) is 1. The highest BCUT2D eigenvalue weighted by atomic mass is 16.5. The lowest BCUT2D eigenvalue weighted by Crippen LogP contribution is -2.45. The van der Waals surface area contributed by atoms with Crippen molar-refractivity contribution in [1.82, 2.24) is 5.32 Å². The molecule has 0 bridgehead atoms. The molecule has 0 atom stereocenters. The first-order valence-corrected chi connectivity index (χ1v) is 6.62. The van der Waals surface area contributed by atoms with Crippen molar-refractivity contribution in [1.29, 1.82) is 0 Å². The van der Waals surface area contributed by atoms with E-state index in [0.29, 0.717) is 5.96 Å². The van der Waals surface area contributed by atoms with Crippen LogP contribution in [0.4, 0.5) is 0 Å². The van der Waals surface area contributed by atoms with Crippen LogP contribution in [0.15, 0.2) is 29.3 Å². The van der Waals surface area contributed by atoms with Crippen LogP contribution in [0.3, 0.4) is 0 Å². The Morgan fingerprint density at radius 2 is 1.89 bits per heavy atom. The first-order valence-electron chi connectivity index (χ1n) is 6.62. The molecule has 0 aliphatic heterocycles. The predicted molar refractivity (Wildman–Crippen MR) is 80.7 cm³/mol. The maximum atomic E-state index is 5.80. The van der Waals surface area contributed by atoms with E-state index in [0.717, 1.165) is 25.1 Å². The monoisotopic (exact) mass is 263 g/mol. The van der Waals surface area contributed by atoms with Crippen LogP contribution in [0.5, 0.6) is 5.75 Å². The Morgan fingerprint density at radius 3 is 2.42 bits per heavy atom. The van der Waals surface area contributed by atoms with Gasteiger partial charge in [-0.1, -0.05) is 12.1 Å². The number of aliphatic imine (C=N–C) groups is 1. The third kappa shape index (κ3) is 6.70. The molecule has 19 heavy (non-hydrogen) atoms. The summed E-state index contributed by atoms with van der Waals surface area (Å²) < 4.78 is 5.13. The number of aryl methyl sites for hydroxylation is 1. The molecule has 0 aliphatic carbocycles. The zero-order valence-electron chi connectivity index (χ0n) is 12.4. The van der Waals surface area contributed by atoms with Crippen LogP contribution in [0.1, 0.15) is 32.8 Å². The molecule has 0 heterocycles. The Morgan fingerprint density at radius 1 is 1.26 bits per heavy atom. The van der Waals surface area contributed by atoms with Gasteiger partial charge in [0, 0.05) is 12.1 Å². The second kappa shape index (κ2) is 7.02. The van der Waals surface area contributed by atoms with Crippen LogP contribution in [0.25, 0.3) is 0 Å². The van der Waals surface area contributed by atoms with Gasteiger partial charge in [-0.15, -0.1) is 0 Å². The fourth-order valence-corrected chi connectivity index (χ4v) is 1.70. The first-order chi connectivity index (χ1) is 8.90. The Balaban J connectivity index is 2.31. The van der Waals surface area contributed by atoms with Crippen molar-refractivity contribution in [3.63, 3.8) is 0 Å². The normalized spacial score (nSPS) is 12.3. The van der Waals surface area contributed by atoms with Crippen molar-refractivity contribution in [2.24, 2.45) is 10.7 Å². The molecule has 4 heteroatoms. The molecule has 0 aromatic heterocycles. The molecule has 4 nitrogen and oxygen atoms in total. The summed E-state index contributed by atoms with van der Waals surface area (Å²) in [4.78, 5) is 4.32. The molecule has 0 saturated carbocycles. The van der Waals surface area contributed by atoms with Gasteiger partial charge in [0.05, 0.1) is 7.11 Å². The second-order valence-corrected chi connectivity index (χ2v) is 5.59. The second-order valence-electron chi connectivity index (χ2n) is 5.59. The van der Waals surface area contributed by atoms with Crippen LogP contribution in [0.2, 0.25) is 0 Å². The molecule has 0 spiro atoms. The largest absolute Gasteiger partial charge is 0.497 e. The summed E-state index contributed by atoms with van der Waals surface area (Å²) in [6.45, 7) is 6.92. The van der Waals surface area contributed by atoms with E-state index in [1.807, 2.05) is 12.1 Å². The topological polar surface area (TPSA) is 59.6 Å². The quantitative estimate of drug-likeness (QED) is 0.487. The number of hydrogen-bond donors (Lipinski definition) is 2. The van der Waals surface area contributed by atoms with Crippen molar-refractivity contribution >= 4 is 5.96 Å². The Kier molecular flexibility index (Phi) is 5.67. The van der Waals surface area contributed by atoms with Gasteiger partial charge in [0.15, 0.2) is 5.96 Å². The van der Waals surface area contributed by atoms with Gasteiger partial charge in [-0.2, -0.15) is 0 Å². The summed E-state index contributed by atoms with van der Waals surface area (Å²) in [5.74, 6) is 1.41. The van der Waals surface area contributed by atoms with Crippen LogP contribution >= 0.6 is 0 Å². The molecule has 0 aliphatic rings. The van der Waals surface area contributed by atoms with E-state index < -0.39 is 0 Å². The van der Waals surface area contributed by atoms with Gasteiger partial charge in [0.2, 0.25) is 0 Å². The average molecular weight is 263 g/mol. The van der Waals surface area contributed by atoms with E-state index in [4.69, 9.17) is 10.5 Å². The lowest BCUT2D eigenvalue weighted by Gasteiger charge is -2.20. The van der Waals surface area contributed by atoms with E-state index in [1.54, 1.807) is 7.11 Å². The molecule has 0 amide bonds. The van der Waals surface area contributed by atoms with Crippen LogP contribution in [-0.4, -0.2) is 25.2 Å². The SMILES string of the molecule is COc1ccc(CCCN=C(N)NC(C)(C)C)cc1. The van der Waals surface area contributed by atoms with E-state index in [-0.39, 0.29) is 5.54 Å². The van der Waals surface area contributed by atoms with Gasteiger partial charge in [-0.05, 0) is 51.3 Å². The fourth-order valence-electron chi connectivity index (χ4n) is 1.70. The van der Waals surface area contributed by atoms with Gasteiger partial charge < -0.3 is 15.8 Å². The molecule has 1 aromatic rings. The number of benzene rings is 1. The maximum absolute atomic E-state index is 5.80. The minimum absolute atomic E-state index is 0.0381. The molecule has 1 aromatic carbocycles. The molecule has 0 fully saturated rings. The van der Waals surface area contributed by atoms with Gasteiger partial charge in [-0.25, -0.2) is 0 Å². The minimum Gasteiger partial charge on any atom is -0.497 e. The standard InChI is InChI=1S/C15H25N3O/c1-15(2,3)18-14(16)17-11-5-6-12-7-9-13(19-4)10-8-12/h7-10H,5-6,11H2,1-4H3,(H3,16,17,18). The van der Waals surface area contributed by atoms with Gasteiger partial charge in [-0.3, -0.25) is 4.99 Å². The summed E-state index contributed by atoms with van der Waals surface area (Å²) in [6, 6.07) is 8.13. The number of nitrogens with two attached hydrogens (primary N) is 1. The zero-order valence-corrected chi connectivity index (χ0v) is 12.4. The van der Waals surface area contributed by atoms with Crippen molar-refractivity contribution in [3.8, 4) is 5.75 Å². The summed E-state index contributed by atoms with van der Waals surface area (Å²) in [6.07, 6.45) is 1.98. The Bertz CT molecular complexity index is 404. The highest BCUT2D eigenvalue weighted by molar-refractivity contribution is 5.78. The average Bonchev–Trinajstić information content (AvgIpc) is 2.33. The summed E-state index contributed by atoms with van der Waals surface area (Å²) in [7, 11) is 1.68. The van der Waals surface area contributed by atoms with Crippen molar-refractivity contribution < 1.29 is 4.74 Å². The lowest BCUT2D eigenvalue weighted by molar-refractivity contribution is 0.414. The zero-order chi connectivity index (χ0) is 14.3. The molecular weight excluding hydrogens is 238 g/mol. The van der Waals surface area contributed by atoms with E-state index in [9.17, 15) is 0 Å². The first kappa shape index (κ1) is 15.3. The van der Waals surface area contributed by atoms with Crippen molar-refractivity contribution in [2.45, 2.75) is 39.2 Å². The van der Waals surface area contributed by atoms with E-state index >= 15 is 0 Å². The third-order valence-corrected chi connectivity index (χ3v) is 2.57. The van der Waals surface area contributed by atoms with E-state index in [2.05, 4.69) is 43.2 Å². The number of hydrogen-bond acceptors (Lipinski definition) is 2. The number of methoxy groups -OCH3 is 1. The number of rotatable bonds is 5. The minimum atomic E-state index is -0.0381. The van der Waals surface area contributed by atoms with Gasteiger partial charge >= 0.3 is 0 Å². The summed E-state index contributed by atoms with van der Waals surface area (Å²) >= 11 is 0. The van der Waals surface area contributed by atoms with Crippen molar-refractivity contribution in [3.05, 3.63) is 29.8 Å². The third-order valence-electron chi connectivity index (χ3n) is 2.57. The summed E-state index contributed by atoms with van der Waals surface area (Å²) in [5, 5.41) is 3.14. The highest BCUT2D eigenvalue weighted by Crippen LogP contribution is 2.12. The molecule has 0 radical (unpaired) electrons. The lowest BCUT2D eigenvalue weighted by atomic mass is 10.1. The van der Waals surface area contributed by atoms with Crippen LogP contribution < -0.4 is 15.8 Å². The molecule has 3 N–H and O–H groups in total. The number of ether oxygens (including phenoxy) is 1. The van der Waals surface area contributed by atoms with E-state index in [1.165, 1.54) is 5.56 Å². The number of guanidine groups is 1. The highest BCUT2D eigenvalue weighted by Gasteiger charge is 2.09. The molecule has 1 rings (SSSR count). The van der Waals surface area contributed by atoms with Crippen LogP contribution in [0, 0.1) is 0 Å². The number of nitrogens with one attached hydrogen (secondary N) is 1. The maximum Gasteiger partial charge on any atom is 0.188 e. The van der Waals surface area contributed by atoms with Gasteiger partial charge in [0.25, 0.3) is 0 Å². The molecule has 0 unspecified atom stereocenters. The molecular formula is C15H25N3O. The smallest absolute Gasteiger partial charge is 0.188 e. The van der Waals surface area contributed by atoms with Gasteiger partial charge in [0.1, 0.15) is 5.75 Å².